The molecule has 1 N–H and O–H groups in total. The lowest BCUT2D eigenvalue weighted by atomic mass is 9.94. The standard InChI is InChI=1S/C39H44N2O8S2/c1-39(2,3)49-37(44)40-34(24-10-7-6-8-11-24)36(43)47-15-9-12-26-20-31(27-18-28(45-4)21-29(19-27)46-5)48-32(26)22-33-35(42)41(38(50)51-33)30-17-23-13-14-25(30)16-23/h6-8,10-11,18-23,25,30,34H,9,12-17H2,1-5H3,(H,40,44)/b33-22-/t23?,25?,30?,34-/m0/s1. The number of hydrogen-bond acceptors (Lipinski definition) is 10. The quantitative estimate of drug-likeness (QED) is 0.0848. The summed E-state index contributed by atoms with van der Waals surface area (Å²) in [7, 11) is 3.17. The molecule has 0 spiro atoms. The number of amides is 2. The molecule has 3 aromatic rings. The maximum Gasteiger partial charge on any atom is 0.408 e. The molecule has 2 aromatic carbocycles. The molecule has 2 bridgehead atoms. The van der Waals surface area contributed by atoms with Crippen LogP contribution in [0, 0.1) is 11.8 Å². The van der Waals surface area contributed by atoms with Crippen LogP contribution in [0.5, 0.6) is 11.5 Å². The number of benzene rings is 2. The van der Waals surface area contributed by atoms with Gasteiger partial charge in [0.25, 0.3) is 5.91 Å². The van der Waals surface area contributed by atoms with E-state index in [0.29, 0.717) is 62.5 Å². The number of carbonyl (C=O) groups is 3. The van der Waals surface area contributed by atoms with Gasteiger partial charge < -0.3 is 28.7 Å². The van der Waals surface area contributed by atoms with Crippen LogP contribution in [0.15, 0.2) is 63.9 Å². The van der Waals surface area contributed by atoms with Crippen LogP contribution >= 0.6 is 24.0 Å². The molecule has 3 unspecified atom stereocenters. The second-order valence-corrected chi connectivity index (χ2v) is 15.8. The number of ether oxygens (including phenoxy) is 4. The van der Waals surface area contributed by atoms with E-state index in [2.05, 4.69) is 5.32 Å². The van der Waals surface area contributed by atoms with Gasteiger partial charge in [0.05, 0.1) is 25.7 Å². The zero-order chi connectivity index (χ0) is 36.3. The predicted molar refractivity (Wildman–Crippen MR) is 199 cm³/mol. The molecule has 10 nitrogen and oxygen atoms in total. The molecule has 1 aliphatic heterocycles. The van der Waals surface area contributed by atoms with E-state index in [1.54, 1.807) is 71.4 Å². The molecule has 1 aromatic heterocycles. The summed E-state index contributed by atoms with van der Waals surface area (Å²) in [4.78, 5) is 42.1. The zero-order valence-electron chi connectivity index (χ0n) is 29.6. The monoisotopic (exact) mass is 732 g/mol. The Morgan fingerprint density at radius 2 is 1.78 bits per heavy atom. The number of hydrogen-bond donors (Lipinski definition) is 1. The topological polar surface area (TPSA) is 117 Å². The summed E-state index contributed by atoms with van der Waals surface area (Å²) in [6.07, 6.45) is 6.56. The molecule has 6 rings (SSSR count). The van der Waals surface area contributed by atoms with Gasteiger partial charge in [0.1, 0.15) is 32.9 Å². The lowest BCUT2D eigenvalue weighted by Gasteiger charge is -2.30. The summed E-state index contributed by atoms with van der Waals surface area (Å²) in [6.45, 7) is 5.34. The summed E-state index contributed by atoms with van der Waals surface area (Å²) in [5.41, 5.74) is 1.42. The number of methoxy groups -OCH3 is 2. The van der Waals surface area contributed by atoms with Gasteiger partial charge in [-0.15, -0.1) is 0 Å². The highest BCUT2D eigenvalue weighted by Gasteiger charge is 2.48. The third-order valence-electron chi connectivity index (χ3n) is 9.46. The van der Waals surface area contributed by atoms with Gasteiger partial charge in [0, 0.05) is 23.7 Å². The van der Waals surface area contributed by atoms with Crippen LogP contribution in [0.1, 0.15) is 75.8 Å². The van der Waals surface area contributed by atoms with Crippen LogP contribution in [0.3, 0.4) is 0 Å². The highest BCUT2D eigenvalue weighted by molar-refractivity contribution is 8.26. The van der Waals surface area contributed by atoms with Crippen molar-refractivity contribution in [1.82, 2.24) is 10.2 Å². The highest BCUT2D eigenvalue weighted by Crippen LogP contribution is 2.49. The summed E-state index contributed by atoms with van der Waals surface area (Å²) in [5.74, 6) is 2.82. The molecular formula is C39H44N2O8S2. The van der Waals surface area contributed by atoms with Crippen LogP contribution in [-0.2, 0) is 25.5 Å². The van der Waals surface area contributed by atoms with Crippen molar-refractivity contribution >= 4 is 52.3 Å². The first-order chi connectivity index (χ1) is 24.4. The van der Waals surface area contributed by atoms with E-state index in [4.69, 9.17) is 35.6 Å². The third-order valence-corrected chi connectivity index (χ3v) is 10.8. The Morgan fingerprint density at radius 1 is 1.06 bits per heavy atom. The largest absolute Gasteiger partial charge is 0.497 e. The van der Waals surface area contributed by atoms with Crippen molar-refractivity contribution < 1.29 is 37.7 Å². The number of aryl methyl sites for hydroxylation is 1. The van der Waals surface area contributed by atoms with Crippen molar-refractivity contribution in [2.45, 2.75) is 77.0 Å². The van der Waals surface area contributed by atoms with Crippen LogP contribution in [0.25, 0.3) is 17.4 Å². The number of thioether (sulfide) groups is 1. The number of alkyl carbamates (subject to hydrolysis) is 1. The number of fused-ring (bicyclic) bond motifs is 2. The van der Waals surface area contributed by atoms with E-state index in [1.165, 1.54) is 24.6 Å². The van der Waals surface area contributed by atoms with Crippen LogP contribution in [-0.4, -0.2) is 59.7 Å². The van der Waals surface area contributed by atoms with Gasteiger partial charge in [-0.05, 0) is 94.0 Å². The molecule has 270 valence electrons. The minimum absolute atomic E-state index is 0.0760. The van der Waals surface area contributed by atoms with Crippen LogP contribution < -0.4 is 14.8 Å². The molecule has 0 radical (unpaired) electrons. The fourth-order valence-electron chi connectivity index (χ4n) is 7.13. The first-order valence-electron chi connectivity index (χ1n) is 17.3. The second-order valence-electron chi connectivity index (χ2n) is 14.2. The van der Waals surface area contributed by atoms with Crippen molar-refractivity contribution in [1.29, 1.82) is 0 Å². The van der Waals surface area contributed by atoms with E-state index in [9.17, 15) is 14.4 Å². The summed E-state index contributed by atoms with van der Waals surface area (Å²) >= 11 is 7.05. The van der Waals surface area contributed by atoms with Crippen molar-refractivity contribution in [2.24, 2.45) is 11.8 Å². The SMILES string of the molecule is COc1cc(OC)cc(-c2cc(CCCOC(=O)[C@@H](NC(=O)OC(C)(C)C)c3ccccc3)c(/C=C3\SC(=S)N(C4CC5CCC4C5)C3=O)o2)c1. The Labute approximate surface area is 308 Å². The van der Waals surface area contributed by atoms with Gasteiger partial charge in [-0.3, -0.25) is 9.69 Å². The minimum Gasteiger partial charge on any atom is -0.497 e. The van der Waals surface area contributed by atoms with Crippen molar-refractivity contribution in [3.8, 4) is 22.8 Å². The van der Waals surface area contributed by atoms with Crippen LogP contribution in [0.2, 0.25) is 0 Å². The van der Waals surface area contributed by atoms with E-state index < -0.39 is 23.7 Å². The normalized spacial score (nSPS) is 21.2. The maximum atomic E-state index is 13.8. The third kappa shape index (κ3) is 8.61. The van der Waals surface area contributed by atoms with E-state index in [0.717, 1.165) is 24.0 Å². The summed E-state index contributed by atoms with van der Waals surface area (Å²) in [5, 5.41) is 2.65. The Kier molecular flexibility index (Phi) is 11.1. The Balaban J connectivity index is 1.20. The fourth-order valence-corrected chi connectivity index (χ4v) is 8.48. The molecule has 51 heavy (non-hydrogen) atoms. The van der Waals surface area contributed by atoms with Crippen LogP contribution in [0.4, 0.5) is 4.79 Å². The average molecular weight is 733 g/mol. The lowest BCUT2D eigenvalue weighted by Crippen LogP contribution is -2.41. The number of nitrogens with one attached hydrogen (secondary N) is 1. The fraction of sp³-hybridized carbons (Fsp3) is 0.436. The van der Waals surface area contributed by atoms with Gasteiger partial charge in [0.15, 0.2) is 6.04 Å². The summed E-state index contributed by atoms with van der Waals surface area (Å²) < 4.78 is 29.1. The molecular weight excluding hydrogens is 689 g/mol. The first-order valence-corrected chi connectivity index (χ1v) is 18.5. The molecule has 3 fully saturated rings. The Bertz CT molecular complexity index is 1790. The molecule has 3 aliphatic rings. The van der Waals surface area contributed by atoms with E-state index >= 15 is 0 Å². The number of carbonyl (C=O) groups excluding carboxylic acids is 3. The predicted octanol–water partition coefficient (Wildman–Crippen LogP) is 8.10. The van der Waals surface area contributed by atoms with Crippen molar-refractivity contribution in [3.05, 3.63) is 76.4 Å². The number of thiocarbonyl (C=S) groups is 1. The number of esters is 1. The summed E-state index contributed by atoms with van der Waals surface area (Å²) in [6, 6.07) is 15.4. The average Bonchev–Trinajstić information content (AvgIpc) is 3.89. The van der Waals surface area contributed by atoms with Gasteiger partial charge in [-0.25, -0.2) is 9.59 Å². The molecule has 2 heterocycles. The number of furan rings is 1. The highest BCUT2D eigenvalue weighted by atomic mass is 32.2. The first kappa shape index (κ1) is 36.5. The van der Waals surface area contributed by atoms with Crippen molar-refractivity contribution in [2.75, 3.05) is 20.8 Å². The molecule has 12 heteroatoms. The number of nitrogens with zero attached hydrogens (tertiary/aromatic N) is 1. The second kappa shape index (κ2) is 15.5. The maximum absolute atomic E-state index is 13.8. The van der Waals surface area contributed by atoms with Crippen molar-refractivity contribution in [3.63, 3.8) is 0 Å². The lowest BCUT2D eigenvalue weighted by molar-refractivity contribution is -0.146. The molecule has 1 saturated heterocycles. The Hall–Kier alpha value is -4.29. The zero-order valence-corrected chi connectivity index (χ0v) is 31.2. The minimum atomic E-state index is -1.04. The van der Waals surface area contributed by atoms with Gasteiger partial charge in [0.2, 0.25) is 0 Å². The molecule has 2 aliphatic carbocycles. The smallest absolute Gasteiger partial charge is 0.408 e. The molecule has 2 saturated carbocycles. The van der Waals surface area contributed by atoms with Gasteiger partial charge >= 0.3 is 12.1 Å². The molecule has 4 atom stereocenters. The van der Waals surface area contributed by atoms with Gasteiger partial charge in [-0.1, -0.05) is 60.7 Å². The van der Waals surface area contributed by atoms with E-state index in [-0.39, 0.29) is 18.6 Å². The van der Waals surface area contributed by atoms with Gasteiger partial charge in [-0.2, -0.15) is 0 Å². The van der Waals surface area contributed by atoms with E-state index in [1.807, 2.05) is 29.2 Å². The molecule has 2 amide bonds. The Morgan fingerprint density at radius 3 is 2.41 bits per heavy atom. The number of rotatable bonds is 12.